The molecule has 0 unspecified atom stereocenters. The van der Waals surface area contributed by atoms with Gasteiger partial charge in [0.1, 0.15) is 11.6 Å². The summed E-state index contributed by atoms with van der Waals surface area (Å²) >= 11 is 0. The summed E-state index contributed by atoms with van der Waals surface area (Å²) < 4.78 is 27.2. The molecular weight excluding hydrogens is 274 g/mol. The molecule has 1 aliphatic carbocycles. The average molecular weight is 296 g/mol. The van der Waals surface area contributed by atoms with Gasteiger partial charge in [0.2, 0.25) is 5.91 Å². The minimum Gasteiger partial charge on any atom is -0.353 e. The van der Waals surface area contributed by atoms with Crippen LogP contribution in [0, 0.1) is 11.6 Å². The highest BCUT2D eigenvalue weighted by Gasteiger charge is 2.18. The summed E-state index contributed by atoms with van der Waals surface area (Å²) in [5.74, 6) is -1.13. The number of hydrogen-bond donors (Lipinski definition) is 2. The van der Waals surface area contributed by atoms with Gasteiger partial charge in [0.05, 0.1) is 0 Å². The number of halogens is 2. The molecule has 1 aromatic rings. The van der Waals surface area contributed by atoms with Gasteiger partial charge in [-0.05, 0) is 31.9 Å². The molecule has 0 radical (unpaired) electrons. The Morgan fingerprint density at radius 1 is 1.29 bits per heavy atom. The maximum absolute atomic E-state index is 13.6. The highest BCUT2D eigenvalue weighted by atomic mass is 19.1. The molecule has 116 valence electrons. The number of hydrogen-bond acceptors (Lipinski definition) is 2. The molecule has 1 amide bonds. The van der Waals surface area contributed by atoms with Gasteiger partial charge in [-0.3, -0.25) is 4.79 Å². The van der Waals surface area contributed by atoms with Gasteiger partial charge < -0.3 is 10.6 Å². The van der Waals surface area contributed by atoms with Crippen LogP contribution in [0.4, 0.5) is 8.78 Å². The van der Waals surface area contributed by atoms with Crippen LogP contribution in [-0.2, 0) is 4.79 Å². The molecule has 0 heterocycles. The van der Waals surface area contributed by atoms with Crippen molar-refractivity contribution in [3.05, 3.63) is 35.4 Å². The lowest BCUT2D eigenvalue weighted by Gasteiger charge is -2.16. The van der Waals surface area contributed by atoms with Gasteiger partial charge >= 0.3 is 0 Å². The van der Waals surface area contributed by atoms with Crippen molar-refractivity contribution in [2.75, 3.05) is 6.54 Å². The first-order valence-corrected chi connectivity index (χ1v) is 7.54. The van der Waals surface area contributed by atoms with Crippen LogP contribution in [0.25, 0.3) is 0 Å². The third kappa shape index (κ3) is 4.49. The normalized spacial score (nSPS) is 16.9. The fourth-order valence-electron chi connectivity index (χ4n) is 2.80. The third-order valence-corrected chi connectivity index (χ3v) is 3.96. The minimum atomic E-state index is -0.564. The number of amides is 1. The molecular formula is C16H22F2N2O. The zero-order chi connectivity index (χ0) is 15.2. The van der Waals surface area contributed by atoms with Crippen LogP contribution in [0.5, 0.6) is 0 Å². The van der Waals surface area contributed by atoms with E-state index in [1.165, 1.54) is 31.0 Å². The topological polar surface area (TPSA) is 41.1 Å². The fraction of sp³-hybridized carbons (Fsp3) is 0.562. The maximum atomic E-state index is 13.6. The van der Waals surface area contributed by atoms with Crippen molar-refractivity contribution in [2.24, 2.45) is 0 Å². The summed E-state index contributed by atoms with van der Waals surface area (Å²) in [5.41, 5.74) is 0.0219. The van der Waals surface area contributed by atoms with Crippen molar-refractivity contribution >= 4 is 5.91 Å². The Labute approximate surface area is 124 Å². The highest BCUT2D eigenvalue weighted by molar-refractivity contribution is 5.76. The van der Waals surface area contributed by atoms with Crippen LogP contribution in [0.15, 0.2) is 18.2 Å². The molecule has 1 aliphatic rings. The summed E-state index contributed by atoms with van der Waals surface area (Å²) in [5, 5.41) is 5.98. The number of carbonyl (C=O) groups excluding carboxylic acids is 1. The van der Waals surface area contributed by atoms with Gasteiger partial charge in [-0.15, -0.1) is 0 Å². The van der Waals surface area contributed by atoms with E-state index in [1.807, 2.05) is 0 Å². The molecule has 0 bridgehead atoms. The van der Waals surface area contributed by atoms with Gasteiger partial charge in [0.25, 0.3) is 0 Å². The van der Waals surface area contributed by atoms with Crippen LogP contribution in [0.3, 0.4) is 0 Å². The third-order valence-electron chi connectivity index (χ3n) is 3.96. The van der Waals surface area contributed by atoms with Crippen LogP contribution >= 0.6 is 0 Å². The second kappa shape index (κ2) is 7.50. The fourth-order valence-corrected chi connectivity index (χ4v) is 2.80. The molecule has 0 saturated heterocycles. The first-order valence-electron chi connectivity index (χ1n) is 7.54. The lowest BCUT2D eigenvalue weighted by Crippen LogP contribution is -2.35. The molecule has 1 fully saturated rings. The quantitative estimate of drug-likeness (QED) is 0.847. The van der Waals surface area contributed by atoms with E-state index in [0.717, 1.165) is 12.8 Å². The monoisotopic (exact) mass is 296 g/mol. The Balaban J connectivity index is 1.76. The number of carbonyl (C=O) groups is 1. The molecule has 0 spiro atoms. The van der Waals surface area contributed by atoms with Gasteiger partial charge in [0, 0.05) is 30.6 Å². The van der Waals surface area contributed by atoms with E-state index in [2.05, 4.69) is 10.6 Å². The average Bonchev–Trinajstić information content (AvgIpc) is 2.91. The first-order chi connectivity index (χ1) is 10.1. The zero-order valence-corrected chi connectivity index (χ0v) is 12.3. The van der Waals surface area contributed by atoms with E-state index in [9.17, 15) is 13.6 Å². The molecule has 2 N–H and O–H groups in total. The molecule has 0 aliphatic heterocycles. The van der Waals surface area contributed by atoms with Gasteiger partial charge in [-0.1, -0.05) is 18.9 Å². The second-order valence-corrected chi connectivity index (χ2v) is 5.61. The van der Waals surface area contributed by atoms with Crippen LogP contribution < -0.4 is 10.6 Å². The van der Waals surface area contributed by atoms with Crippen LogP contribution in [-0.4, -0.2) is 18.5 Å². The molecule has 2 rings (SSSR count). The number of nitrogens with one attached hydrogen (secondary N) is 2. The molecule has 1 saturated carbocycles. The van der Waals surface area contributed by atoms with E-state index >= 15 is 0 Å². The standard InChI is InChI=1S/C16H22F2N2O/c1-11(16-13(17)7-4-8-14(16)18)19-10-9-15(21)20-12-5-2-3-6-12/h4,7-8,11-12,19H,2-3,5-6,9-10H2,1H3,(H,20,21)/t11-/m0/s1. The van der Waals surface area contributed by atoms with Crippen molar-refractivity contribution in [2.45, 2.75) is 51.1 Å². The van der Waals surface area contributed by atoms with Crippen molar-refractivity contribution in [3.63, 3.8) is 0 Å². The number of benzene rings is 1. The SMILES string of the molecule is C[C@H](NCCC(=O)NC1CCCC1)c1c(F)cccc1F. The van der Waals surface area contributed by atoms with Gasteiger partial charge in [-0.25, -0.2) is 8.78 Å². The molecule has 1 atom stereocenters. The van der Waals surface area contributed by atoms with E-state index in [4.69, 9.17) is 0 Å². The van der Waals surface area contributed by atoms with Crippen molar-refractivity contribution in [1.29, 1.82) is 0 Å². The summed E-state index contributed by atoms with van der Waals surface area (Å²) in [6.07, 6.45) is 4.77. The largest absolute Gasteiger partial charge is 0.353 e. The Morgan fingerprint density at radius 3 is 2.52 bits per heavy atom. The Hall–Kier alpha value is -1.49. The summed E-state index contributed by atoms with van der Waals surface area (Å²) in [6.45, 7) is 2.09. The van der Waals surface area contributed by atoms with Gasteiger partial charge in [-0.2, -0.15) is 0 Å². The van der Waals surface area contributed by atoms with Crippen molar-refractivity contribution in [3.8, 4) is 0 Å². The van der Waals surface area contributed by atoms with Crippen LogP contribution in [0.2, 0.25) is 0 Å². The van der Waals surface area contributed by atoms with E-state index in [-0.39, 0.29) is 11.5 Å². The predicted octanol–water partition coefficient (Wildman–Crippen LogP) is 3.06. The lowest BCUT2D eigenvalue weighted by atomic mass is 10.1. The summed E-state index contributed by atoms with van der Waals surface area (Å²) in [7, 11) is 0. The Morgan fingerprint density at radius 2 is 1.90 bits per heavy atom. The molecule has 1 aromatic carbocycles. The lowest BCUT2D eigenvalue weighted by molar-refractivity contribution is -0.121. The van der Waals surface area contributed by atoms with E-state index in [0.29, 0.717) is 19.0 Å². The second-order valence-electron chi connectivity index (χ2n) is 5.61. The van der Waals surface area contributed by atoms with Crippen LogP contribution in [0.1, 0.15) is 50.6 Å². The molecule has 3 nitrogen and oxygen atoms in total. The highest BCUT2D eigenvalue weighted by Crippen LogP contribution is 2.20. The smallest absolute Gasteiger partial charge is 0.221 e. The van der Waals surface area contributed by atoms with Gasteiger partial charge in [0.15, 0.2) is 0 Å². The maximum Gasteiger partial charge on any atom is 0.221 e. The number of rotatable bonds is 6. The summed E-state index contributed by atoms with van der Waals surface area (Å²) in [6, 6.07) is 3.66. The molecule has 21 heavy (non-hydrogen) atoms. The predicted molar refractivity (Wildman–Crippen MR) is 77.8 cm³/mol. The Kier molecular flexibility index (Phi) is 5.67. The van der Waals surface area contributed by atoms with E-state index in [1.54, 1.807) is 6.92 Å². The first kappa shape index (κ1) is 15.9. The summed E-state index contributed by atoms with van der Waals surface area (Å²) in [4.78, 5) is 11.8. The minimum absolute atomic E-state index is 0.00407. The zero-order valence-electron chi connectivity index (χ0n) is 12.3. The van der Waals surface area contributed by atoms with E-state index < -0.39 is 17.7 Å². The van der Waals surface area contributed by atoms with Crippen molar-refractivity contribution in [1.82, 2.24) is 10.6 Å². The Bertz CT molecular complexity index is 467. The molecule has 5 heteroatoms. The molecule has 0 aromatic heterocycles. The van der Waals surface area contributed by atoms with Crippen molar-refractivity contribution < 1.29 is 13.6 Å².